The molecule has 0 unspecified atom stereocenters. The van der Waals surface area contributed by atoms with E-state index in [1.807, 2.05) is 0 Å². The third-order valence-electron chi connectivity index (χ3n) is 2.43. The first kappa shape index (κ1) is 11.8. The minimum absolute atomic E-state index is 0.0426. The first-order valence-corrected chi connectivity index (χ1v) is 5.16. The van der Waals surface area contributed by atoms with Gasteiger partial charge < -0.3 is 5.11 Å². The lowest BCUT2D eigenvalue weighted by Gasteiger charge is -2.09. The third-order valence-corrected chi connectivity index (χ3v) is 2.43. The van der Waals surface area contributed by atoms with E-state index in [1.54, 1.807) is 18.2 Å². The SMILES string of the molecule is CC(=O)Nn1cc(C(=O)O)c2ccccc2c1=O. The van der Waals surface area contributed by atoms with Gasteiger partial charge in [0.2, 0.25) is 5.91 Å². The molecule has 0 saturated carbocycles. The highest BCUT2D eigenvalue weighted by Gasteiger charge is 2.13. The van der Waals surface area contributed by atoms with Gasteiger partial charge in [0.1, 0.15) is 0 Å². The van der Waals surface area contributed by atoms with Crippen LogP contribution >= 0.6 is 0 Å². The number of nitrogens with zero attached hydrogens (tertiary/aromatic N) is 1. The Bertz CT molecular complexity index is 703. The maximum atomic E-state index is 12.0. The molecule has 1 aromatic carbocycles. The summed E-state index contributed by atoms with van der Waals surface area (Å²) >= 11 is 0. The van der Waals surface area contributed by atoms with E-state index in [4.69, 9.17) is 5.11 Å². The zero-order valence-corrected chi connectivity index (χ0v) is 9.51. The number of nitrogens with one attached hydrogen (secondary N) is 1. The number of hydrogen-bond acceptors (Lipinski definition) is 3. The maximum Gasteiger partial charge on any atom is 0.337 e. The van der Waals surface area contributed by atoms with Crippen molar-refractivity contribution in [3.05, 3.63) is 46.4 Å². The van der Waals surface area contributed by atoms with Crippen molar-refractivity contribution in [1.29, 1.82) is 0 Å². The molecule has 1 heterocycles. The number of rotatable bonds is 2. The molecule has 6 nitrogen and oxygen atoms in total. The van der Waals surface area contributed by atoms with Crippen molar-refractivity contribution in [1.82, 2.24) is 4.68 Å². The summed E-state index contributed by atoms with van der Waals surface area (Å²) in [5, 5.41) is 9.69. The van der Waals surface area contributed by atoms with E-state index in [0.29, 0.717) is 5.39 Å². The van der Waals surface area contributed by atoms with E-state index < -0.39 is 17.4 Å². The molecule has 0 aliphatic rings. The second-order valence-corrected chi connectivity index (χ2v) is 3.74. The summed E-state index contributed by atoms with van der Waals surface area (Å²) in [6.07, 6.45) is 1.11. The number of carbonyl (C=O) groups excluding carboxylic acids is 1. The average Bonchev–Trinajstić information content (AvgIpc) is 2.32. The van der Waals surface area contributed by atoms with Crippen LogP contribution in [-0.4, -0.2) is 21.7 Å². The van der Waals surface area contributed by atoms with Crippen molar-refractivity contribution < 1.29 is 14.7 Å². The Morgan fingerprint density at radius 3 is 2.39 bits per heavy atom. The molecule has 1 amide bonds. The summed E-state index contributed by atoms with van der Waals surface area (Å²) < 4.78 is 0.883. The van der Waals surface area contributed by atoms with Crippen molar-refractivity contribution in [3.63, 3.8) is 0 Å². The number of fused-ring (bicyclic) bond motifs is 1. The van der Waals surface area contributed by atoms with Gasteiger partial charge in [-0.1, -0.05) is 18.2 Å². The number of carbonyl (C=O) groups is 2. The third kappa shape index (κ3) is 1.95. The summed E-state index contributed by atoms with van der Waals surface area (Å²) in [5.74, 6) is -1.62. The van der Waals surface area contributed by atoms with Crippen LogP contribution in [0.3, 0.4) is 0 Å². The number of aromatic carboxylic acids is 1. The second-order valence-electron chi connectivity index (χ2n) is 3.74. The summed E-state index contributed by atoms with van der Waals surface area (Å²) in [6.45, 7) is 1.24. The van der Waals surface area contributed by atoms with Gasteiger partial charge in [0.05, 0.1) is 5.56 Å². The first-order chi connectivity index (χ1) is 8.50. The monoisotopic (exact) mass is 246 g/mol. The van der Waals surface area contributed by atoms with E-state index in [-0.39, 0.29) is 10.9 Å². The Kier molecular flexibility index (Phi) is 2.85. The van der Waals surface area contributed by atoms with Gasteiger partial charge in [-0.3, -0.25) is 15.0 Å². The Labute approximate surface area is 101 Å². The van der Waals surface area contributed by atoms with Gasteiger partial charge >= 0.3 is 5.97 Å². The molecule has 18 heavy (non-hydrogen) atoms. The molecule has 2 aromatic rings. The second kappa shape index (κ2) is 4.33. The molecular weight excluding hydrogens is 236 g/mol. The fourth-order valence-corrected chi connectivity index (χ4v) is 1.71. The maximum absolute atomic E-state index is 12.0. The van der Waals surface area contributed by atoms with Gasteiger partial charge in [0.25, 0.3) is 5.56 Å². The Hall–Kier alpha value is -2.63. The molecular formula is C12H10N2O4. The molecule has 0 saturated heterocycles. The highest BCUT2D eigenvalue weighted by Crippen LogP contribution is 2.14. The van der Waals surface area contributed by atoms with Crippen LogP contribution in [-0.2, 0) is 4.79 Å². The van der Waals surface area contributed by atoms with Crippen LogP contribution in [0.2, 0.25) is 0 Å². The van der Waals surface area contributed by atoms with Crippen molar-refractivity contribution in [2.45, 2.75) is 6.92 Å². The summed E-state index contributed by atoms with van der Waals surface area (Å²) in [4.78, 5) is 34.1. The molecule has 92 valence electrons. The number of carboxylic acid groups (broad SMARTS) is 1. The highest BCUT2D eigenvalue weighted by molar-refractivity contribution is 6.03. The lowest BCUT2D eigenvalue weighted by atomic mass is 10.1. The number of hydrogen-bond donors (Lipinski definition) is 2. The predicted molar refractivity (Wildman–Crippen MR) is 65.2 cm³/mol. The van der Waals surface area contributed by atoms with Gasteiger partial charge in [-0.2, -0.15) is 0 Å². The van der Waals surface area contributed by atoms with Crippen LogP contribution < -0.4 is 11.0 Å². The molecule has 0 fully saturated rings. The number of amides is 1. The zero-order chi connectivity index (χ0) is 13.3. The number of aromatic nitrogens is 1. The van der Waals surface area contributed by atoms with Crippen molar-refractivity contribution in [2.75, 3.05) is 5.43 Å². The summed E-state index contributed by atoms with van der Waals surface area (Å²) in [5.41, 5.74) is 1.75. The minimum atomic E-state index is -1.16. The molecule has 2 N–H and O–H groups in total. The predicted octanol–water partition coefficient (Wildman–Crippen LogP) is 0.790. The van der Waals surface area contributed by atoms with Gasteiger partial charge in [-0.05, 0) is 6.07 Å². The fourth-order valence-electron chi connectivity index (χ4n) is 1.71. The van der Waals surface area contributed by atoms with Crippen molar-refractivity contribution in [2.24, 2.45) is 0 Å². The summed E-state index contributed by atoms with van der Waals surface area (Å²) in [7, 11) is 0. The zero-order valence-electron chi connectivity index (χ0n) is 9.51. The minimum Gasteiger partial charge on any atom is -0.478 e. The molecule has 1 aromatic heterocycles. The van der Waals surface area contributed by atoms with E-state index in [1.165, 1.54) is 13.0 Å². The van der Waals surface area contributed by atoms with Gasteiger partial charge in [-0.15, -0.1) is 0 Å². The van der Waals surface area contributed by atoms with Crippen LogP contribution in [0.25, 0.3) is 10.8 Å². The molecule has 6 heteroatoms. The van der Waals surface area contributed by atoms with Gasteiger partial charge in [0, 0.05) is 23.9 Å². The fraction of sp³-hybridized carbons (Fsp3) is 0.0833. The lowest BCUT2D eigenvalue weighted by molar-refractivity contribution is -0.115. The van der Waals surface area contributed by atoms with Crippen LogP contribution in [0, 0.1) is 0 Å². The topological polar surface area (TPSA) is 88.4 Å². The summed E-state index contributed by atoms with van der Waals surface area (Å²) in [6, 6.07) is 6.35. The largest absolute Gasteiger partial charge is 0.478 e. The number of pyridine rings is 1. The highest BCUT2D eigenvalue weighted by atomic mass is 16.4. The molecule has 0 bridgehead atoms. The number of benzene rings is 1. The van der Waals surface area contributed by atoms with Crippen molar-refractivity contribution in [3.8, 4) is 0 Å². The van der Waals surface area contributed by atoms with Crippen LogP contribution in [0.5, 0.6) is 0 Å². The Balaban J connectivity index is 2.83. The molecule has 0 atom stereocenters. The molecule has 0 radical (unpaired) electrons. The van der Waals surface area contributed by atoms with Gasteiger partial charge in [-0.25, -0.2) is 9.47 Å². The van der Waals surface area contributed by atoms with Crippen molar-refractivity contribution >= 4 is 22.6 Å². The van der Waals surface area contributed by atoms with E-state index in [0.717, 1.165) is 10.9 Å². The quantitative estimate of drug-likeness (QED) is 0.819. The average molecular weight is 246 g/mol. The molecule has 0 aliphatic carbocycles. The van der Waals surface area contributed by atoms with Crippen LogP contribution in [0.15, 0.2) is 35.3 Å². The van der Waals surface area contributed by atoms with Gasteiger partial charge in [0.15, 0.2) is 0 Å². The Morgan fingerprint density at radius 2 is 1.83 bits per heavy atom. The molecule has 0 spiro atoms. The van der Waals surface area contributed by atoms with E-state index in [9.17, 15) is 14.4 Å². The lowest BCUT2D eigenvalue weighted by Crippen LogP contribution is -2.32. The normalized spacial score (nSPS) is 10.3. The number of carboxylic acids is 1. The molecule has 2 rings (SSSR count). The standard InChI is InChI=1S/C12H10N2O4/c1-7(15)13-14-6-10(12(17)18)8-4-2-3-5-9(8)11(14)16/h2-6H,1H3,(H,13,15)(H,17,18). The van der Waals surface area contributed by atoms with Crippen LogP contribution in [0.1, 0.15) is 17.3 Å². The Morgan fingerprint density at radius 1 is 1.22 bits per heavy atom. The van der Waals surface area contributed by atoms with Crippen LogP contribution in [0.4, 0.5) is 0 Å². The molecule has 0 aliphatic heterocycles. The smallest absolute Gasteiger partial charge is 0.337 e. The first-order valence-electron chi connectivity index (χ1n) is 5.16. The van der Waals surface area contributed by atoms with E-state index in [2.05, 4.69) is 5.43 Å². The van der Waals surface area contributed by atoms with E-state index >= 15 is 0 Å².